The molecule has 0 fully saturated rings. The van der Waals surface area contributed by atoms with Crippen LogP contribution in [-0.4, -0.2) is 22.1 Å². The van der Waals surface area contributed by atoms with Crippen molar-refractivity contribution in [3.63, 3.8) is 0 Å². The lowest BCUT2D eigenvalue weighted by molar-refractivity contribution is 0.543. The summed E-state index contributed by atoms with van der Waals surface area (Å²) in [5.74, 6) is 0. The van der Waals surface area contributed by atoms with Crippen LogP contribution in [0.5, 0.6) is 0 Å². The summed E-state index contributed by atoms with van der Waals surface area (Å²) in [5.41, 5.74) is 0. The van der Waals surface area contributed by atoms with E-state index in [1.54, 1.807) is 0 Å². The highest BCUT2D eigenvalue weighted by atomic mass is 32.3. The molecule has 2 unspecified atom stereocenters. The average Bonchev–Trinajstić information content (AvgIpc) is 1.64. The lowest BCUT2D eigenvalue weighted by Crippen LogP contribution is -2.15. The van der Waals surface area contributed by atoms with Gasteiger partial charge >= 0.3 is 0 Å². The molecule has 0 amide bonds. The Balaban J connectivity index is 3.83. The Hall–Kier alpha value is 0.220. The van der Waals surface area contributed by atoms with E-state index in [1.807, 2.05) is 0 Å². The molecule has 0 aromatic rings. The molecule has 0 bridgehead atoms. The van der Waals surface area contributed by atoms with Crippen LogP contribution in [0.3, 0.4) is 0 Å². The highest BCUT2D eigenvalue weighted by molar-refractivity contribution is 7.97. The van der Waals surface area contributed by atoms with Crippen LogP contribution in [0, 0.1) is 0 Å². The maximum atomic E-state index is 9.90. The van der Waals surface area contributed by atoms with Gasteiger partial charge < -0.3 is 9.11 Å². The Kier molecular flexibility index (Phi) is 3.38. The minimum Gasteiger partial charge on any atom is -0.305 e. The summed E-state index contributed by atoms with van der Waals surface area (Å²) in [6.07, 6.45) is 0. The van der Waals surface area contributed by atoms with Gasteiger partial charge in [-0.1, -0.05) is 0 Å². The molecule has 0 aliphatic rings. The zero-order valence-corrected chi connectivity index (χ0v) is 5.74. The molecule has 0 aromatic heterocycles. The molecule has 4 nitrogen and oxygen atoms in total. The largest absolute Gasteiger partial charge is 0.305 e. The van der Waals surface area contributed by atoms with Crippen LogP contribution in [0.15, 0.2) is 0 Å². The third-order valence-corrected chi connectivity index (χ3v) is 2.69. The summed E-state index contributed by atoms with van der Waals surface area (Å²) in [7, 11) is 0. The quantitative estimate of drug-likeness (QED) is 0.545. The third kappa shape index (κ3) is 2.51. The minimum absolute atomic E-state index is 1.07. The second-order valence-electron chi connectivity index (χ2n) is 1.12. The molecule has 50 valence electrons. The first-order chi connectivity index (χ1) is 3.55. The van der Waals surface area contributed by atoms with Gasteiger partial charge in [-0.25, -0.2) is 8.42 Å². The van der Waals surface area contributed by atoms with E-state index in [-0.39, 0.29) is 0 Å². The Morgan fingerprint density at radius 3 is 1.50 bits per heavy atom. The van der Waals surface area contributed by atoms with Gasteiger partial charge in [0.15, 0.2) is 26.7 Å². The van der Waals surface area contributed by atoms with Crippen LogP contribution in [0.2, 0.25) is 0 Å². The first kappa shape index (κ1) is 8.22. The molecule has 6 heteroatoms. The minimum atomic E-state index is -2.19. The number of hydrogen-bond acceptors (Lipinski definition) is 2. The first-order valence-corrected chi connectivity index (χ1v) is 4.09. The zero-order valence-electron chi connectivity index (χ0n) is 4.10. The van der Waals surface area contributed by atoms with E-state index in [1.165, 1.54) is 6.92 Å². The lowest BCUT2D eigenvalue weighted by atomic mass is 11.0. The first-order valence-electron chi connectivity index (χ1n) is 1.75. The molecule has 0 spiro atoms. The molecule has 8 heavy (non-hydrogen) atoms. The van der Waals surface area contributed by atoms with Crippen molar-refractivity contribution in [3.05, 3.63) is 0 Å². The van der Waals surface area contributed by atoms with Crippen LogP contribution < -0.4 is 0 Å². The molecule has 0 aliphatic carbocycles. The van der Waals surface area contributed by atoms with Crippen molar-refractivity contribution in [2.24, 2.45) is 0 Å². The normalized spacial score (nSPS) is 21.9. The standard InChI is InChI=1S/C2H6O4S2/c1-2(7(3)4)8(5)6/h2H,1H3,(H,3,4)(H,5,6). The predicted molar refractivity (Wildman–Crippen MR) is 31.0 cm³/mol. The van der Waals surface area contributed by atoms with E-state index < -0.39 is 26.7 Å². The van der Waals surface area contributed by atoms with Gasteiger partial charge in [-0.15, -0.1) is 0 Å². The topological polar surface area (TPSA) is 74.6 Å². The highest BCUT2D eigenvalue weighted by Gasteiger charge is 2.13. The van der Waals surface area contributed by atoms with Gasteiger partial charge in [0.1, 0.15) is 0 Å². The van der Waals surface area contributed by atoms with Crippen molar-refractivity contribution in [2.45, 2.75) is 11.5 Å². The van der Waals surface area contributed by atoms with Crippen molar-refractivity contribution < 1.29 is 17.5 Å². The summed E-state index contributed by atoms with van der Waals surface area (Å²) in [4.78, 5) is 0. The van der Waals surface area contributed by atoms with Gasteiger partial charge in [0, 0.05) is 0 Å². The van der Waals surface area contributed by atoms with Gasteiger partial charge in [-0.05, 0) is 6.92 Å². The fourth-order valence-electron chi connectivity index (χ4n) is 0.0704. The van der Waals surface area contributed by atoms with Crippen LogP contribution in [0.4, 0.5) is 0 Å². The van der Waals surface area contributed by atoms with Crippen LogP contribution in [0.1, 0.15) is 6.92 Å². The van der Waals surface area contributed by atoms with Gasteiger partial charge in [-0.3, -0.25) is 0 Å². The maximum Gasteiger partial charge on any atom is 0.171 e. The van der Waals surface area contributed by atoms with Gasteiger partial charge in [-0.2, -0.15) is 0 Å². The SMILES string of the molecule is CC(S(=O)O)S(=O)O. The molecule has 2 atom stereocenters. The smallest absolute Gasteiger partial charge is 0.171 e. The lowest BCUT2D eigenvalue weighted by Gasteiger charge is -1.96. The average molecular weight is 158 g/mol. The molecular weight excluding hydrogens is 152 g/mol. The Morgan fingerprint density at radius 1 is 1.25 bits per heavy atom. The molecule has 0 saturated carbocycles. The van der Waals surface area contributed by atoms with E-state index in [0.29, 0.717) is 0 Å². The fraction of sp³-hybridized carbons (Fsp3) is 1.00. The van der Waals surface area contributed by atoms with E-state index >= 15 is 0 Å². The van der Waals surface area contributed by atoms with Gasteiger partial charge in [0.25, 0.3) is 0 Å². The van der Waals surface area contributed by atoms with Crippen molar-refractivity contribution in [2.75, 3.05) is 0 Å². The summed E-state index contributed by atoms with van der Waals surface area (Å²) >= 11 is -4.38. The maximum absolute atomic E-state index is 9.90. The van der Waals surface area contributed by atoms with Crippen molar-refractivity contribution >= 4 is 22.2 Å². The van der Waals surface area contributed by atoms with Crippen LogP contribution in [0.25, 0.3) is 0 Å². The van der Waals surface area contributed by atoms with Crippen molar-refractivity contribution in [1.82, 2.24) is 0 Å². The molecule has 0 aliphatic heterocycles. The van der Waals surface area contributed by atoms with Crippen LogP contribution in [-0.2, 0) is 22.2 Å². The second-order valence-corrected chi connectivity index (χ2v) is 3.94. The van der Waals surface area contributed by atoms with E-state index in [4.69, 9.17) is 9.11 Å². The van der Waals surface area contributed by atoms with Crippen molar-refractivity contribution in [3.8, 4) is 0 Å². The molecule has 0 saturated heterocycles. The molecule has 0 radical (unpaired) electrons. The predicted octanol–water partition coefficient (Wildman–Crippen LogP) is -0.224. The second kappa shape index (κ2) is 3.29. The zero-order chi connectivity index (χ0) is 6.73. The summed E-state index contributed by atoms with van der Waals surface area (Å²) in [6.45, 7) is 1.21. The number of hydrogen-bond donors (Lipinski definition) is 2. The summed E-state index contributed by atoms with van der Waals surface area (Å²) < 4.78 is 34.9. The molecule has 0 rings (SSSR count). The van der Waals surface area contributed by atoms with E-state index in [2.05, 4.69) is 0 Å². The van der Waals surface area contributed by atoms with Gasteiger partial charge in [0.2, 0.25) is 0 Å². The molecule has 0 aromatic carbocycles. The van der Waals surface area contributed by atoms with Crippen molar-refractivity contribution in [1.29, 1.82) is 0 Å². The molecule has 0 heterocycles. The van der Waals surface area contributed by atoms with Gasteiger partial charge in [0.05, 0.1) is 0 Å². The summed E-state index contributed by atoms with van der Waals surface area (Å²) in [6, 6.07) is 0. The fourth-order valence-corrected chi connectivity index (χ4v) is 0.634. The molecular formula is C2H6O4S2. The third-order valence-electron chi connectivity index (χ3n) is 0.568. The van der Waals surface area contributed by atoms with E-state index in [0.717, 1.165) is 0 Å². The van der Waals surface area contributed by atoms with Crippen LogP contribution >= 0.6 is 0 Å². The van der Waals surface area contributed by atoms with E-state index in [9.17, 15) is 8.42 Å². The summed E-state index contributed by atoms with van der Waals surface area (Å²) in [5, 5.41) is 0. The highest BCUT2D eigenvalue weighted by Crippen LogP contribution is 1.94. The molecule has 2 N–H and O–H groups in total. The Bertz CT molecular complexity index is 107. The Morgan fingerprint density at radius 2 is 1.50 bits per heavy atom. The number of rotatable bonds is 2. The monoisotopic (exact) mass is 158 g/mol. The Labute approximate surface area is 51.9 Å².